The van der Waals surface area contributed by atoms with Gasteiger partial charge in [-0.05, 0) is 48.2 Å². The van der Waals surface area contributed by atoms with Gasteiger partial charge in [0.1, 0.15) is 12.2 Å². The van der Waals surface area contributed by atoms with Crippen molar-refractivity contribution >= 4 is 35.1 Å². The van der Waals surface area contributed by atoms with Gasteiger partial charge in [-0.1, -0.05) is 60.3 Å². The molecule has 1 heterocycles. The van der Waals surface area contributed by atoms with Crippen molar-refractivity contribution in [3.8, 4) is 0 Å². The number of carboxylic acids is 1. The summed E-state index contributed by atoms with van der Waals surface area (Å²) in [4.78, 5) is 26.7. The topological polar surface area (TPSA) is 66.8 Å². The third-order valence-corrected chi connectivity index (χ3v) is 6.38. The maximum Gasteiger partial charge on any atom is 0.306 e. The van der Waals surface area contributed by atoms with Gasteiger partial charge in [-0.2, -0.15) is 0 Å². The van der Waals surface area contributed by atoms with Gasteiger partial charge in [-0.25, -0.2) is 0 Å². The number of carbonyl (C=O) groups is 2. The van der Waals surface area contributed by atoms with E-state index < -0.39 is 18.2 Å². The van der Waals surface area contributed by atoms with Crippen LogP contribution in [0.2, 0.25) is 10.0 Å². The van der Waals surface area contributed by atoms with Gasteiger partial charge in [0.2, 0.25) is 0 Å². The smallest absolute Gasteiger partial charge is 0.306 e. The molecule has 2 aromatic carbocycles. The second kappa shape index (κ2) is 8.96. The molecule has 0 bridgehead atoms. The first-order valence-corrected chi connectivity index (χ1v) is 10.9. The van der Waals surface area contributed by atoms with Crippen molar-refractivity contribution in [2.75, 3.05) is 0 Å². The average Bonchev–Trinajstić information content (AvgIpc) is 3.24. The van der Waals surface area contributed by atoms with Crippen molar-refractivity contribution in [3.63, 3.8) is 0 Å². The second-order valence-electron chi connectivity index (χ2n) is 7.88. The summed E-state index contributed by atoms with van der Waals surface area (Å²) in [5.74, 6) is -1.32. The number of morpholine rings is 1. The lowest BCUT2D eigenvalue weighted by Gasteiger charge is -2.47. The highest BCUT2D eigenvalue weighted by molar-refractivity contribution is 6.30. The molecule has 30 heavy (non-hydrogen) atoms. The summed E-state index contributed by atoms with van der Waals surface area (Å²) >= 11 is 12.3. The van der Waals surface area contributed by atoms with Crippen LogP contribution in [0.1, 0.15) is 55.4 Å². The molecule has 2 aromatic rings. The Hall–Kier alpha value is -2.08. The Bertz CT molecular complexity index is 927. The maximum atomic E-state index is 13.4. The minimum Gasteiger partial charge on any atom is -0.481 e. The molecule has 0 radical (unpaired) electrons. The molecule has 7 heteroatoms. The highest BCUT2D eigenvalue weighted by Gasteiger charge is 2.47. The number of rotatable bonds is 5. The van der Waals surface area contributed by atoms with Gasteiger partial charge in [0.05, 0.1) is 12.5 Å². The van der Waals surface area contributed by atoms with E-state index in [4.69, 9.17) is 27.9 Å². The summed E-state index contributed by atoms with van der Waals surface area (Å²) in [5.41, 5.74) is 1.71. The maximum absolute atomic E-state index is 13.4. The van der Waals surface area contributed by atoms with Gasteiger partial charge in [-0.3, -0.25) is 9.59 Å². The number of benzene rings is 2. The predicted octanol–water partition coefficient (Wildman–Crippen LogP) is 5.42. The Morgan fingerprint density at radius 3 is 2.37 bits per heavy atom. The van der Waals surface area contributed by atoms with E-state index in [2.05, 4.69) is 0 Å². The molecule has 5 nitrogen and oxygen atoms in total. The van der Waals surface area contributed by atoms with Crippen LogP contribution in [0.15, 0.2) is 48.5 Å². The molecule has 1 amide bonds. The molecule has 1 N–H and O–H groups in total. The zero-order valence-electron chi connectivity index (χ0n) is 16.3. The summed E-state index contributed by atoms with van der Waals surface area (Å²) in [6.45, 7) is 0. The van der Waals surface area contributed by atoms with Gasteiger partial charge in [-0.15, -0.1) is 0 Å². The van der Waals surface area contributed by atoms with Crippen LogP contribution in [0.25, 0.3) is 0 Å². The Kier molecular flexibility index (Phi) is 6.32. The van der Waals surface area contributed by atoms with E-state index in [1.54, 1.807) is 18.2 Å². The number of amides is 1. The van der Waals surface area contributed by atoms with Crippen LogP contribution in [0.4, 0.5) is 0 Å². The molecule has 3 atom stereocenters. The van der Waals surface area contributed by atoms with Crippen LogP contribution >= 0.6 is 23.2 Å². The first kappa shape index (κ1) is 21.2. The molecular formula is C23H23Cl2NO4. The van der Waals surface area contributed by atoms with Crippen molar-refractivity contribution in [3.05, 3.63) is 69.7 Å². The Balaban J connectivity index is 1.83. The summed E-state index contributed by atoms with van der Waals surface area (Å²) < 4.78 is 6.17. The fraction of sp³-hybridized carbons (Fsp3) is 0.391. The number of hydrogen-bond donors (Lipinski definition) is 1. The van der Waals surface area contributed by atoms with Crippen molar-refractivity contribution in [1.82, 2.24) is 4.90 Å². The molecule has 2 fully saturated rings. The van der Waals surface area contributed by atoms with Crippen LogP contribution in [-0.4, -0.2) is 34.0 Å². The van der Waals surface area contributed by atoms with Crippen molar-refractivity contribution in [1.29, 1.82) is 0 Å². The predicted molar refractivity (Wildman–Crippen MR) is 115 cm³/mol. The van der Waals surface area contributed by atoms with Crippen LogP contribution in [0, 0.1) is 0 Å². The fourth-order valence-electron chi connectivity index (χ4n) is 4.58. The third-order valence-electron chi connectivity index (χ3n) is 5.89. The molecule has 1 aliphatic heterocycles. The van der Waals surface area contributed by atoms with Crippen LogP contribution in [-0.2, 0) is 14.3 Å². The highest BCUT2D eigenvalue weighted by Crippen LogP contribution is 2.46. The summed E-state index contributed by atoms with van der Waals surface area (Å²) in [5, 5.41) is 10.5. The Labute approximate surface area is 185 Å². The number of carboxylic acid groups (broad SMARTS) is 1. The van der Waals surface area contributed by atoms with E-state index in [1.807, 2.05) is 35.2 Å². The van der Waals surface area contributed by atoms with E-state index in [9.17, 15) is 14.7 Å². The number of hydrogen-bond acceptors (Lipinski definition) is 3. The lowest BCUT2D eigenvalue weighted by Crippen LogP contribution is -2.54. The molecule has 0 aromatic heterocycles. The highest BCUT2D eigenvalue weighted by atomic mass is 35.5. The van der Waals surface area contributed by atoms with Crippen LogP contribution in [0.5, 0.6) is 0 Å². The largest absolute Gasteiger partial charge is 0.481 e. The van der Waals surface area contributed by atoms with Crippen LogP contribution < -0.4 is 0 Å². The van der Waals surface area contributed by atoms with E-state index in [-0.39, 0.29) is 24.4 Å². The first-order valence-electron chi connectivity index (χ1n) is 10.1. The molecule has 0 unspecified atom stereocenters. The van der Waals surface area contributed by atoms with Gasteiger partial charge in [0.25, 0.3) is 5.91 Å². The number of ether oxygens (including phenoxy) is 1. The number of carbonyl (C=O) groups excluding carboxylic acids is 1. The third kappa shape index (κ3) is 4.34. The summed E-state index contributed by atoms with van der Waals surface area (Å²) in [6, 6.07) is 14.4. The quantitative estimate of drug-likeness (QED) is 0.663. The van der Waals surface area contributed by atoms with Gasteiger partial charge >= 0.3 is 5.97 Å². The van der Waals surface area contributed by atoms with Crippen LogP contribution in [0.3, 0.4) is 0 Å². The lowest BCUT2D eigenvalue weighted by atomic mass is 9.89. The van der Waals surface area contributed by atoms with Crippen molar-refractivity contribution in [2.24, 2.45) is 0 Å². The number of halogens is 2. The minimum atomic E-state index is -1.06. The van der Waals surface area contributed by atoms with E-state index in [1.165, 1.54) is 0 Å². The molecule has 2 aliphatic rings. The average molecular weight is 448 g/mol. The monoisotopic (exact) mass is 447 g/mol. The number of aliphatic carboxylic acids is 1. The lowest BCUT2D eigenvalue weighted by molar-refractivity contribution is -0.183. The Morgan fingerprint density at radius 1 is 1.03 bits per heavy atom. The van der Waals surface area contributed by atoms with E-state index in [0.29, 0.717) is 10.0 Å². The summed E-state index contributed by atoms with van der Waals surface area (Å²) in [7, 11) is 0. The zero-order valence-corrected chi connectivity index (χ0v) is 17.9. The molecule has 1 saturated heterocycles. The number of nitrogens with zero attached hydrogens (tertiary/aromatic N) is 1. The van der Waals surface area contributed by atoms with E-state index >= 15 is 0 Å². The Morgan fingerprint density at radius 2 is 1.73 bits per heavy atom. The normalized spacial score (nSPS) is 24.9. The second-order valence-corrected chi connectivity index (χ2v) is 8.75. The fourth-order valence-corrected chi connectivity index (χ4v) is 4.91. The first-order chi connectivity index (χ1) is 14.4. The van der Waals surface area contributed by atoms with Crippen molar-refractivity contribution < 1.29 is 19.4 Å². The molecular weight excluding hydrogens is 425 g/mol. The molecule has 158 valence electrons. The zero-order chi connectivity index (χ0) is 21.3. The summed E-state index contributed by atoms with van der Waals surface area (Å²) in [6.07, 6.45) is 1.97. The van der Waals surface area contributed by atoms with Gasteiger partial charge in [0, 0.05) is 16.1 Å². The SMILES string of the molecule is O=C(O)C[C@H]1O[C@H](c2cccc(Cl)c2)[C@@H](c2ccc(Cl)cc2)N(C2CCCC2)C1=O. The standard InChI is InChI=1S/C23H23Cl2NO4/c24-16-10-8-14(9-11-16)21-22(15-4-3-5-17(25)12-15)30-19(13-20(27)28)23(29)26(21)18-6-1-2-7-18/h3-5,8-12,18-19,21-22H,1-2,6-7,13H2,(H,27,28)/t19-,21-,22-/m1/s1. The van der Waals surface area contributed by atoms with Gasteiger partial charge in [0.15, 0.2) is 0 Å². The molecule has 1 saturated carbocycles. The minimum absolute atomic E-state index is 0.0556. The molecule has 4 rings (SSSR count). The van der Waals surface area contributed by atoms with Gasteiger partial charge < -0.3 is 14.7 Å². The molecule has 1 aliphatic carbocycles. The van der Waals surface area contributed by atoms with E-state index in [0.717, 1.165) is 36.8 Å². The molecule has 0 spiro atoms. The van der Waals surface area contributed by atoms with Crippen molar-refractivity contribution in [2.45, 2.75) is 56.4 Å².